The summed E-state index contributed by atoms with van der Waals surface area (Å²) in [4.78, 5) is 26.6. The molecule has 7 nitrogen and oxygen atoms in total. The zero-order chi connectivity index (χ0) is 19.6. The van der Waals surface area contributed by atoms with Crippen LogP contribution in [0.25, 0.3) is 0 Å². The fourth-order valence-electron chi connectivity index (χ4n) is 3.84. The zero-order valence-corrected chi connectivity index (χ0v) is 16.8. The lowest BCUT2D eigenvalue weighted by Gasteiger charge is -2.30. The molecule has 5 rings (SSSR count). The van der Waals surface area contributed by atoms with Crippen molar-refractivity contribution in [3.63, 3.8) is 0 Å². The molecule has 0 unspecified atom stereocenters. The van der Waals surface area contributed by atoms with E-state index < -0.39 is 0 Å². The van der Waals surface area contributed by atoms with Crippen molar-refractivity contribution in [2.24, 2.45) is 0 Å². The molecule has 0 radical (unpaired) electrons. The van der Waals surface area contributed by atoms with Gasteiger partial charge >= 0.3 is 0 Å². The van der Waals surface area contributed by atoms with E-state index in [2.05, 4.69) is 36.5 Å². The molecule has 3 aromatic rings. The van der Waals surface area contributed by atoms with Gasteiger partial charge < -0.3 is 20.4 Å². The zero-order valence-electron chi connectivity index (χ0n) is 16.0. The van der Waals surface area contributed by atoms with Gasteiger partial charge in [0.15, 0.2) is 0 Å². The number of hydrogen-bond acceptors (Lipinski definition) is 7. The molecule has 5 heterocycles. The Bertz CT molecular complexity index is 1000. The summed E-state index contributed by atoms with van der Waals surface area (Å²) in [5.74, 6) is -0.0935. The van der Waals surface area contributed by atoms with Crippen LogP contribution in [0.5, 0.6) is 0 Å². The Morgan fingerprint density at radius 1 is 0.966 bits per heavy atom. The van der Waals surface area contributed by atoms with Crippen molar-refractivity contribution in [3.8, 4) is 0 Å². The lowest BCUT2D eigenvalue weighted by Crippen LogP contribution is -2.43. The van der Waals surface area contributed by atoms with Crippen molar-refractivity contribution in [1.29, 1.82) is 0 Å². The predicted octanol–water partition coefficient (Wildman–Crippen LogP) is 2.72. The highest BCUT2D eigenvalue weighted by Gasteiger charge is 2.22. The lowest BCUT2D eigenvalue weighted by atomic mass is 10.2. The largest absolute Gasteiger partial charge is 0.367 e. The third kappa shape index (κ3) is 3.68. The maximum absolute atomic E-state index is 12.9. The molecule has 2 N–H and O–H groups in total. The summed E-state index contributed by atoms with van der Waals surface area (Å²) in [6, 6.07) is 7.96. The predicted molar refractivity (Wildman–Crippen MR) is 116 cm³/mol. The van der Waals surface area contributed by atoms with E-state index in [4.69, 9.17) is 0 Å². The standard InChI is InChI=1S/C21H22N6OS/c28-21(25-17-12-24-6-4-18(17)26-9-7-22-8-10-26)19-1-2-20(29-19)27-13-15-3-5-23-11-16(15)14-27/h1-6,11-12,22H,7-10,13-14H2,(H,25,28). The van der Waals surface area contributed by atoms with Gasteiger partial charge in [0.05, 0.1) is 27.4 Å². The summed E-state index contributed by atoms with van der Waals surface area (Å²) in [5.41, 5.74) is 4.33. The van der Waals surface area contributed by atoms with Crippen LogP contribution in [0.4, 0.5) is 16.4 Å². The van der Waals surface area contributed by atoms with Crippen LogP contribution in [0.2, 0.25) is 0 Å². The molecule has 0 aromatic carbocycles. The Morgan fingerprint density at radius 2 is 1.76 bits per heavy atom. The topological polar surface area (TPSA) is 73.4 Å². The van der Waals surface area contributed by atoms with E-state index in [-0.39, 0.29) is 5.91 Å². The second-order valence-corrected chi connectivity index (χ2v) is 8.28. The van der Waals surface area contributed by atoms with Crippen molar-refractivity contribution in [1.82, 2.24) is 15.3 Å². The summed E-state index contributed by atoms with van der Waals surface area (Å²) in [5, 5.41) is 7.52. The molecule has 2 aliphatic rings. The number of anilines is 3. The first-order valence-electron chi connectivity index (χ1n) is 9.75. The van der Waals surface area contributed by atoms with Crippen LogP contribution >= 0.6 is 11.3 Å². The van der Waals surface area contributed by atoms with Gasteiger partial charge in [-0.1, -0.05) is 0 Å². The van der Waals surface area contributed by atoms with E-state index in [1.807, 2.05) is 30.6 Å². The van der Waals surface area contributed by atoms with E-state index in [9.17, 15) is 4.79 Å². The Balaban J connectivity index is 1.30. The summed E-state index contributed by atoms with van der Waals surface area (Å²) >= 11 is 1.52. The van der Waals surface area contributed by atoms with Crippen LogP contribution in [-0.2, 0) is 13.1 Å². The van der Waals surface area contributed by atoms with Gasteiger partial charge in [-0.15, -0.1) is 11.3 Å². The second-order valence-electron chi connectivity index (χ2n) is 7.22. The fraction of sp³-hybridized carbons (Fsp3) is 0.286. The van der Waals surface area contributed by atoms with Gasteiger partial charge in [0.25, 0.3) is 5.91 Å². The normalized spacial score (nSPS) is 16.0. The quantitative estimate of drug-likeness (QED) is 0.694. The molecule has 0 bridgehead atoms. The van der Waals surface area contributed by atoms with Crippen molar-refractivity contribution < 1.29 is 4.79 Å². The number of aromatic nitrogens is 2. The third-order valence-electron chi connectivity index (χ3n) is 5.36. The van der Waals surface area contributed by atoms with E-state index in [0.29, 0.717) is 4.88 Å². The molecule has 1 amide bonds. The Labute approximate surface area is 173 Å². The van der Waals surface area contributed by atoms with Crippen LogP contribution in [0, 0.1) is 0 Å². The first kappa shape index (κ1) is 18.1. The van der Waals surface area contributed by atoms with Crippen molar-refractivity contribution >= 4 is 33.6 Å². The van der Waals surface area contributed by atoms with Crippen LogP contribution < -0.4 is 20.4 Å². The number of carbonyl (C=O) groups is 1. The van der Waals surface area contributed by atoms with E-state index in [0.717, 1.165) is 55.6 Å². The van der Waals surface area contributed by atoms with E-state index in [1.54, 1.807) is 12.4 Å². The minimum atomic E-state index is -0.0935. The first-order valence-corrected chi connectivity index (χ1v) is 10.6. The van der Waals surface area contributed by atoms with Gasteiger partial charge in [-0.3, -0.25) is 14.8 Å². The number of thiophene rings is 1. The smallest absolute Gasteiger partial charge is 0.265 e. The Kier molecular flexibility index (Phi) is 4.87. The lowest BCUT2D eigenvalue weighted by molar-refractivity contribution is 0.103. The summed E-state index contributed by atoms with van der Waals surface area (Å²) < 4.78 is 0. The minimum absolute atomic E-state index is 0.0935. The average molecular weight is 407 g/mol. The molecular formula is C21H22N6OS. The molecule has 1 saturated heterocycles. The van der Waals surface area contributed by atoms with Gasteiger partial charge in [0, 0.05) is 57.9 Å². The van der Waals surface area contributed by atoms with Crippen LogP contribution in [0.3, 0.4) is 0 Å². The molecule has 29 heavy (non-hydrogen) atoms. The summed E-state index contributed by atoms with van der Waals surface area (Å²) in [6.45, 7) is 5.41. The van der Waals surface area contributed by atoms with Gasteiger partial charge in [0.2, 0.25) is 0 Å². The van der Waals surface area contributed by atoms with Gasteiger partial charge in [-0.25, -0.2) is 0 Å². The van der Waals surface area contributed by atoms with Crippen LogP contribution in [0.1, 0.15) is 20.8 Å². The molecule has 1 fully saturated rings. The Morgan fingerprint density at radius 3 is 2.62 bits per heavy atom. The third-order valence-corrected chi connectivity index (χ3v) is 6.50. The van der Waals surface area contributed by atoms with E-state index >= 15 is 0 Å². The van der Waals surface area contributed by atoms with E-state index in [1.165, 1.54) is 22.5 Å². The van der Waals surface area contributed by atoms with Gasteiger partial charge in [-0.05, 0) is 35.4 Å². The average Bonchev–Trinajstić information content (AvgIpc) is 3.42. The molecule has 148 valence electrons. The highest BCUT2D eigenvalue weighted by Crippen LogP contribution is 2.34. The molecule has 0 saturated carbocycles. The van der Waals surface area contributed by atoms with Gasteiger partial charge in [0.1, 0.15) is 0 Å². The maximum atomic E-state index is 12.9. The monoisotopic (exact) mass is 406 g/mol. The number of nitrogens with one attached hydrogen (secondary N) is 2. The molecule has 8 heteroatoms. The number of carbonyl (C=O) groups excluding carboxylic acids is 1. The number of rotatable bonds is 4. The van der Waals surface area contributed by atoms with Crippen molar-refractivity contribution in [3.05, 3.63) is 65.1 Å². The Hall–Kier alpha value is -2.97. The van der Waals surface area contributed by atoms with Crippen LogP contribution in [-0.4, -0.2) is 42.1 Å². The molecular weight excluding hydrogens is 384 g/mol. The van der Waals surface area contributed by atoms with Gasteiger partial charge in [-0.2, -0.15) is 0 Å². The molecule has 0 spiro atoms. The summed E-state index contributed by atoms with van der Waals surface area (Å²) in [7, 11) is 0. The number of nitrogens with zero attached hydrogens (tertiary/aromatic N) is 4. The number of pyridine rings is 2. The fourth-order valence-corrected chi connectivity index (χ4v) is 4.74. The highest BCUT2D eigenvalue weighted by atomic mass is 32.1. The molecule has 2 aliphatic heterocycles. The maximum Gasteiger partial charge on any atom is 0.265 e. The number of piperazine rings is 1. The second kappa shape index (κ2) is 7.81. The summed E-state index contributed by atoms with van der Waals surface area (Å²) in [6.07, 6.45) is 7.26. The van der Waals surface area contributed by atoms with Crippen LogP contribution in [0.15, 0.2) is 49.1 Å². The number of hydrogen-bond donors (Lipinski definition) is 2. The first-order chi connectivity index (χ1) is 14.3. The minimum Gasteiger partial charge on any atom is -0.367 e. The highest BCUT2D eigenvalue weighted by molar-refractivity contribution is 7.18. The molecule has 0 atom stereocenters. The SMILES string of the molecule is O=C(Nc1cnccc1N1CCNCC1)c1ccc(N2Cc3ccncc3C2)s1. The molecule has 0 aliphatic carbocycles. The van der Waals surface area contributed by atoms with Crippen molar-refractivity contribution in [2.75, 3.05) is 41.3 Å². The molecule has 3 aromatic heterocycles. The number of fused-ring (bicyclic) bond motifs is 1. The number of amides is 1. The van der Waals surface area contributed by atoms with Crippen molar-refractivity contribution in [2.45, 2.75) is 13.1 Å².